The first-order valence-electron chi connectivity index (χ1n) is 8.55. The molecule has 1 N–H and O–H groups in total. The van der Waals surface area contributed by atoms with E-state index in [1.54, 1.807) is 30.2 Å². The monoisotopic (exact) mass is 337 g/mol. The van der Waals surface area contributed by atoms with Gasteiger partial charge < -0.3 is 10.2 Å². The average molecular weight is 337 g/mol. The molecule has 0 unspecified atom stereocenters. The van der Waals surface area contributed by atoms with Crippen LogP contribution in [0.1, 0.15) is 35.2 Å². The van der Waals surface area contributed by atoms with Crippen molar-refractivity contribution in [3.63, 3.8) is 0 Å². The molecule has 0 radical (unpaired) electrons. The third kappa shape index (κ3) is 4.05. The summed E-state index contributed by atoms with van der Waals surface area (Å²) in [6.45, 7) is 6.38. The summed E-state index contributed by atoms with van der Waals surface area (Å²) in [5.74, 6) is -1.09. The Kier molecular flexibility index (Phi) is 4.83. The first kappa shape index (κ1) is 17.1. The lowest BCUT2D eigenvalue weighted by atomic mass is 10.1. The van der Waals surface area contributed by atoms with E-state index in [2.05, 4.69) is 36.3 Å². The van der Waals surface area contributed by atoms with Crippen molar-refractivity contribution in [3.8, 4) is 0 Å². The third-order valence-electron chi connectivity index (χ3n) is 4.62. The van der Waals surface area contributed by atoms with Gasteiger partial charge in [0.05, 0.1) is 11.4 Å². The minimum atomic E-state index is -0.605. The van der Waals surface area contributed by atoms with Crippen molar-refractivity contribution >= 4 is 17.5 Å². The molecule has 2 amide bonds. The number of carbonyl (C=O) groups excluding carboxylic acids is 2. The van der Waals surface area contributed by atoms with Gasteiger partial charge >= 0.3 is 11.8 Å². The molecule has 1 aromatic carbocycles. The Morgan fingerprint density at radius 2 is 1.92 bits per heavy atom. The van der Waals surface area contributed by atoms with Crippen LogP contribution in [0.5, 0.6) is 0 Å². The zero-order valence-electron chi connectivity index (χ0n) is 14.9. The zero-order chi connectivity index (χ0) is 18.0. The van der Waals surface area contributed by atoms with E-state index in [1.165, 1.54) is 11.1 Å². The van der Waals surface area contributed by atoms with Crippen LogP contribution in [-0.4, -0.2) is 27.7 Å². The number of nitrogens with zero attached hydrogens (tertiary/aromatic N) is 2. The van der Waals surface area contributed by atoms with Gasteiger partial charge in [0.25, 0.3) is 0 Å². The summed E-state index contributed by atoms with van der Waals surface area (Å²) in [7, 11) is 0. The minimum absolute atomic E-state index is 0.162. The Morgan fingerprint density at radius 3 is 2.56 bits per heavy atom. The molecule has 2 aromatic rings. The number of benzene rings is 1. The van der Waals surface area contributed by atoms with Crippen LogP contribution in [0.25, 0.3) is 0 Å². The van der Waals surface area contributed by atoms with E-state index in [9.17, 15) is 9.59 Å². The molecule has 1 aliphatic carbocycles. The van der Waals surface area contributed by atoms with E-state index in [-0.39, 0.29) is 6.04 Å². The number of pyridine rings is 1. The van der Waals surface area contributed by atoms with Crippen molar-refractivity contribution in [1.82, 2.24) is 9.88 Å². The van der Waals surface area contributed by atoms with Gasteiger partial charge in [0, 0.05) is 18.8 Å². The first-order chi connectivity index (χ1) is 12.0. The second-order valence-electron chi connectivity index (χ2n) is 6.67. The number of aryl methyl sites for hydroxylation is 3. The van der Waals surface area contributed by atoms with Crippen LogP contribution in [0.3, 0.4) is 0 Å². The molecule has 0 aliphatic heterocycles. The zero-order valence-corrected chi connectivity index (χ0v) is 14.9. The van der Waals surface area contributed by atoms with Gasteiger partial charge in [-0.1, -0.05) is 18.2 Å². The lowest BCUT2D eigenvalue weighted by Crippen LogP contribution is -2.40. The number of hydrogen-bond acceptors (Lipinski definition) is 3. The molecular weight excluding hydrogens is 314 g/mol. The van der Waals surface area contributed by atoms with Crippen LogP contribution in [0, 0.1) is 20.8 Å². The number of aromatic nitrogens is 1. The van der Waals surface area contributed by atoms with E-state index in [1.807, 2.05) is 6.07 Å². The normalized spacial score (nSPS) is 13.4. The van der Waals surface area contributed by atoms with Crippen LogP contribution in [0.2, 0.25) is 0 Å². The topological polar surface area (TPSA) is 62.3 Å². The van der Waals surface area contributed by atoms with Gasteiger partial charge in [0.2, 0.25) is 0 Å². The standard InChI is InChI=1S/C20H23N3O2/c1-13-6-7-16(11-14(13)2)12-23(17-8-9-17)20(25)19(24)22-18-5-4-10-21-15(18)3/h4-7,10-11,17H,8-9,12H2,1-3H3,(H,22,24). The van der Waals surface area contributed by atoms with E-state index in [0.717, 1.165) is 18.4 Å². The number of anilines is 1. The second kappa shape index (κ2) is 7.05. The van der Waals surface area contributed by atoms with Crippen molar-refractivity contribution < 1.29 is 9.59 Å². The molecule has 1 fully saturated rings. The van der Waals surface area contributed by atoms with Gasteiger partial charge in [-0.05, 0) is 62.4 Å². The quantitative estimate of drug-likeness (QED) is 0.872. The Hall–Kier alpha value is -2.69. The molecule has 0 saturated heterocycles. The predicted molar refractivity (Wildman–Crippen MR) is 97.1 cm³/mol. The number of nitrogens with one attached hydrogen (secondary N) is 1. The van der Waals surface area contributed by atoms with E-state index >= 15 is 0 Å². The third-order valence-corrected chi connectivity index (χ3v) is 4.62. The number of amides is 2. The first-order valence-corrected chi connectivity index (χ1v) is 8.55. The lowest BCUT2D eigenvalue weighted by Gasteiger charge is -2.22. The summed E-state index contributed by atoms with van der Waals surface area (Å²) >= 11 is 0. The molecule has 25 heavy (non-hydrogen) atoms. The minimum Gasteiger partial charge on any atom is -0.327 e. The maximum Gasteiger partial charge on any atom is 0.313 e. The van der Waals surface area contributed by atoms with Gasteiger partial charge in [-0.25, -0.2) is 0 Å². The molecule has 5 heteroatoms. The summed E-state index contributed by atoms with van der Waals surface area (Å²) in [6.07, 6.45) is 3.56. The van der Waals surface area contributed by atoms with Gasteiger partial charge in [-0.3, -0.25) is 14.6 Å². The van der Waals surface area contributed by atoms with Crippen LogP contribution < -0.4 is 5.32 Å². The van der Waals surface area contributed by atoms with Crippen LogP contribution >= 0.6 is 0 Å². The largest absolute Gasteiger partial charge is 0.327 e. The highest BCUT2D eigenvalue weighted by molar-refractivity contribution is 6.39. The predicted octanol–water partition coefficient (Wildman–Crippen LogP) is 3.14. The smallest absolute Gasteiger partial charge is 0.313 e. The van der Waals surface area contributed by atoms with Crippen molar-refractivity contribution in [2.75, 3.05) is 5.32 Å². The summed E-state index contributed by atoms with van der Waals surface area (Å²) < 4.78 is 0. The SMILES string of the molecule is Cc1ccc(CN(C(=O)C(=O)Nc2cccnc2C)C2CC2)cc1C. The van der Waals surface area contributed by atoms with Gasteiger partial charge in [0.15, 0.2) is 0 Å². The van der Waals surface area contributed by atoms with Crippen LogP contribution in [-0.2, 0) is 16.1 Å². The van der Waals surface area contributed by atoms with E-state index in [4.69, 9.17) is 0 Å². The lowest BCUT2D eigenvalue weighted by molar-refractivity contribution is -0.144. The highest BCUT2D eigenvalue weighted by Gasteiger charge is 2.35. The van der Waals surface area contributed by atoms with Gasteiger partial charge in [-0.15, -0.1) is 0 Å². The molecular formula is C20H23N3O2. The van der Waals surface area contributed by atoms with E-state index in [0.29, 0.717) is 17.9 Å². The summed E-state index contributed by atoms with van der Waals surface area (Å²) in [5.41, 5.74) is 4.72. The Bertz CT molecular complexity index is 812. The Balaban J connectivity index is 1.73. The Morgan fingerprint density at radius 1 is 1.16 bits per heavy atom. The molecule has 1 aliphatic rings. The molecule has 1 saturated carbocycles. The van der Waals surface area contributed by atoms with Crippen molar-refractivity contribution in [2.45, 2.75) is 46.2 Å². The van der Waals surface area contributed by atoms with Crippen molar-refractivity contribution in [2.24, 2.45) is 0 Å². The van der Waals surface area contributed by atoms with Gasteiger partial charge in [-0.2, -0.15) is 0 Å². The van der Waals surface area contributed by atoms with Crippen molar-refractivity contribution in [1.29, 1.82) is 0 Å². The average Bonchev–Trinajstić information content (AvgIpc) is 3.42. The summed E-state index contributed by atoms with van der Waals surface area (Å²) in [5, 5.41) is 2.69. The summed E-state index contributed by atoms with van der Waals surface area (Å²) in [6, 6.07) is 9.81. The molecule has 1 aromatic heterocycles. The fourth-order valence-corrected chi connectivity index (χ4v) is 2.77. The van der Waals surface area contributed by atoms with Crippen LogP contribution in [0.4, 0.5) is 5.69 Å². The fraction of sp³-hybridized carbons (Fsp3) is 0.350. The summed E-state index contributed by atoms with van der Waals surface area (Å²) in [4.78, 5) is 30.9. The second-order valence-corrected chi connectivity index (χ2v) is 6.67. The highest BCUT2D eigenvalue weighted by atomic mass is 16.2. The maximum absolute atomic E-state index is 12.7. The maximum atomic E-state index is 12.7. The van der Waals surface area contributed by atoms with E-state index < -0.39 is 11.8 Å². The molecule has 130 valence electrons. The fourth-order valence-electron chi connectivity index (χ4n) is 2.77. The molecule has 0 spiro atoms. The number of rotatable bonds is 4. The highest BCUT2D eigenvalue weighted by Crippen LogP contribution is 2.29. The Labute approximate surface area is 148 Å². The molecule has 0 atom stereocenters. The molecule has 0 bridgehead atoms. The molecule has 5 nitrogen and oxygen atoms in total. The van der Waals surface area contributed by atoms with Gasteiger partial charge in [0.1, 0.15) is 0 Å². The molecule has 3 rings (SSSR count). The number of hydrogen-bond donors (Lipinski definition) is 1. The van der Waals surface area contributed by atoms with Crippen LogP contribution in [0.15, 0.2) is 36.5 Å². The molecule has 1 heterocycles. The van der Waals surface area contributed by atoms with Crippen molar-refractivity contribution in [3.05, 3.63) is 58.9 Å². The number of carbonyl (C=O) groups is 2.